The highest BCUT2D eigenvalue weighted by molar-refractivity contribution is 5.93. The van der Waals surface area contributed by atoms with Crippen LogP contribution in [0.4, 0.5) is 4.79 Å². The van der Waals surface area contributed by atoms with Gasteiger partial charge in [0.15, 0.2) is 5.78 Å². The molecule has 0 spiro atoms. The van der Waals surface area contributed by atoms with Crippen LogP contribution in [0.3, 0.4) is 0 Å². The van der Waals surface area contributed by atoms with Crippen LogP contribution in [0, 0.1) is 5.92 Å². The Balaban J connectivity index is 4.77. The van der Waals surface area contributed by atoms with E-state index in [1.807, 2.05) is 0 Å². The first kappa shape index (κ1) is 25.8. The van der Waals surface area contributed by atoms with Gasteiger partial charge in [-0.2, -0.15) is 0 Å². The van der Waals surface area contributed by atoms with Crippen LogP contribution in [0.15, 0.2) is 0 Å². The summed E-state index contributed by atoms with van der Waals surface area (Å²) in [5.74, 6) is -1.25. The topological polar surface area (TPSA) is 182 Å². The van der Waals surface area contributed by atoms with E-state index in [-0.39, 0.29) is 11.7 Å². The van der Waals surface area contributed by atoms with Crippen molar-refractivity contribution in [3.63, 3.8) is 0 Å². The molecule has 4 amide bonds. The van der Waals surface area contributed by atoms with E-state index >= 15 is 0 Å². The highest BCUT2D eigenvalue weighted by Crippen LogP contribution is 2.07. The number of primary amides is 1. The Bertz CT molecular complexity index is 526. The minimum absolute atomic E-state index is 0.190. The highest BCUT2D eigenvalue weighted by atomic mass is 16.2. The molecule has 10 nitrogen and oxygen atoms in total. The Labute approximate surface area is 166 Å². The van der Waals surface area contributed by atoms with Gasteiger partial charge in [-0.1, -0.05) is 20.3 Å². The van der Waals surface area contributed by atoms with Gasteiger partial charge >= 0.3 is 6.03 Å². The number of Topliss-reactive ketones (excluding diaryl/α,β-unsaturated/α-hetero) is 1. The van der Waals surface area contributed by atoms with Crippen LogP contribution < -0.4 is 33.2 Å². The lowest BCUT2D eigenvalue weighted by Crippen LogP contribution is -2.56. The highest BCUT2D eigenvalue weighted by Gasteiger charge is 2.28. The number of urea groups is 1. The number of ketones is 1. The third-order valence-electron chi connectivity index (χ3n) is 4.33. The van der Waals surface area contributed by atoms with Gasteiger partial charge in [0.05, 0.1) is 12.1 Å². The second-order valence-electron chi connectivity index (χ2n) is 7.23. The number of nitrogens with one attached hydrogen (secondary N) is 3. The van der Waals surface area contributed by atoms with Crippen molar-refractivity contribution in [2.75, 3.05) is 13.1 Å². The molecule has 0 aliphatic rings. The van der Waals surface area contributed by atoms with Crippen LogP contribution in [0.1, 0.15) is 52.9 Å². The number of nitrogens with two attached hydrogens (primary N) is 3. The van der Waals surface area contributed by atoms with Crippen molar-refractivity contribution in [2.24, 2.45) is 23.1 Å². The second kappa shape index (κ2) is 13.9. The van der Waals surface area contributed by atoms with Crippen LogP contribution in [0.2, 0.25) is 0 Å². The number of carbonyl (C=O) groups excluding carboxylic acids is 4. The summed E-state index contributed by atoms with van der Waals surface area (Å²) in [4.78, 5) is 47.4. The molecule has 0 saturated carbocycles. The summed E-state index contributed by atoms with van der Waals surface area (Å²) in [6, 6.07) is -2.88. The lowest BCUT2D eigenvalue weighted by molar-refractivity contribution is -0.132. The van der Waals surface area contributed by atoms with Gasteiger partial charge in [-0.05, 0) is 45.1 Å². The molecule has 3 atom stereocenters. The predicted molar refractivity (Wildman–Crippen MR) is 107 cm³/mol. The van der Waals surface area contributed by atoms with E-state index < -0.39 is 36.0 Å². The lowest BCUT2D eigenvalue weighted by atomic mass is 10.0. The van der Waals surface area contributed by atoms with E-state index in [1.165, 1.54) is 6.92 Å². The molecule has 0 bridgehead atoms. The van der Waals surface area contributed by atoms with Gasteiger partial charge in [-0.15, -0.1) is 0 Å². The van der Waals surface area contributed by atoms with Gasteiger partial charge < -0.3 is 33.2 Å². The minimum atomic E-state index is -0.807. The number of rotatable bonds is 14. The first-order valence-corrected chi connectivity index (χ1v) is 9.70. The number of hydrogen-bond acceptors (Lipinski definition) is 6. The summed E-state index contributed by atoms with van der Waals surface area (Å²) in [7, 11) is 0. The van der Waals surface area contributed by atoms with E-state index in [0.29, 0.717) is 32.4 Å². The molecule has 0 aromatic rings. The maximum Gasteiger partial charge on any atom is 0.312 e. The smallest absolute Gasteiger partial charge is 0.312 e. The summed E-state index contributed by atoms with van der Waals surface area (Å²) < 4.78 is 0. The fourth-order valence-electron chi connectivity index (χ4n) is 2.59. The lowest BCUT2D eigenvalue weighted by Gasteiger charge is -2.26. The summed E-state index contributed by atoms with van der Waals surface area (Å²) in [5, 5.41) is 7.79. The van der Waals surface area contributed by atoms with Gasteiger partial charge in [0.25, 0.3) is 0 Å². The van der Waals surface area contributed by atoms with E-state index in [0.717, 1.165) is 12.8 Å². The molecule has 0 saturated heterocycles. The van der Waals surface area contributed by atoms with Crippen molar-refractivity contribution in [1.82, 2.24) is 16.0 Å². The summed E-state index contributed by atoms with van der Waals surface area (Å²) in [6.45, 7) is 5.81. The number of unbranched alkanes of at least 4 members (excludes halogenated alkanes) is 1. The molecular weight excluding hydrogens is 364 g/mol. The normalized spacial score (nSPS) is 14.1. The Kier molecular flexibility index (Phi) is 12.8. The molecule has 0 fully saturated rings. The van der Waals surface area contributed by atoms with Crippen LogP contribution >= 0.6 is 0 Å². The Morgan fingerprint density at radius 3 is 2.07 bits per heavy atom. The minimum Gasteiger partial charge on any atom is -0.352 e. The Morgan fingerprint density at radius 1 is 0.929 bits per heavy atom. The van der Waals surface area contributed by atoms with E-state index in [9.17, 15) is 19.2 Å². The zero-order chi connectivity index (χ0) is 21.7. The van der Waals surface area contributed by atoms with E-state index in [2.05, 4.69) is 16.0 Å². The second-order valence-corrected chi connectivity index (χ2v) is 7.23. The van der Waals surface area contributed by atoms with E-state index in [4.69, 9.17) is 17.2 Å². The summed E-state index contributed by atoms with van der Waals surface area (Å²) >= 11 is 0. The quantitative estimate of drug-likeness (QED) is 0.205. The maximum atomic E-state index is 12.6. The van der Waals surface area contributed by atoms with Crippen molar-refractivity contribution in [1.29, 1.82) is 0 Å². The first-order valence-electron chi connectivity index (χ1n) is 9.70. The van der Waals surface area contributed by atoms with Crippen molar-refractivity contribution in [3.05, 3.63) is 0 Å². The van der Waals surface area contributed by atoms with Crippen LogP contribution in [-0.4, -0.2) is 54.8 Å². The number of hydrogen-bond donors (Lipinski definition) is 6. The molecule has 28 heavy (non-hydrogen) atoms. The summed E-state index contributed by atoms with van der Waals surface area (Å²) in [6.07, 6.45) is 2.81. The molecule has 0 aromatic carbocycles. The Hall–Kier alpha value is -2.20. The van der Waals surface area contributed by atoms with Gasteiger partial charge in [0.2, 0.25) is 11.8 Å². The fourth-order valence-corrected chi connectivity index (χ4v) is 2.59. The molecule has 0 rings (SSSR count). The molecule has 0 aliphatic carbocycles. The maximum absolute atomic E-state index is 12.6. The van der Waals surface area contributed by atoms with Crippen LogP contribution in [0.5, 0.6) is 0 Å². The van der Waals surface area contributed by atoms with Crippen LogP contribution in [0.25, 0.3) is 0 Å². The van der Waals surface area contributed by atoms with Crippen molar-refractivity contribution >= 4 is 23.6 Å². The third kappa shape index (κ3) is 10.8. The van der Waals surface area contributed by atoms with E-state index in [1.54, 1.807) is 13.8 Å². The van der Waals surface area contributed by atoms with Gasteiger partial charge in [0, 0.05) is 6.54 Å². The van der Waals surface area contributed by atoms with Crippen LogP contribution in [-0.2, 0) is 14.4 Å². The number of amides is 4. The molecule has 0 aliphatic heterocycles. The van der Waals surface area contributed by atoms with Crippen molar-refractivity contribution < 1.29 is 19.2 Å². The molecule has 0 aromatic heterocycles. The fraction of sp³-hybridized carbons (Fsp3) is 0.778. The predicted octanol–water partition coefficient (Wildman–Crippen LogP) is -0.894. The monoisotopic (exact) mass is 400 g/mol. The SMILES string of the molecule is CC(=O)C(CCCNC(N)=O)NC(=O)C(NC(=O)C(N)CCCCN)C(C)C. The molecule has 162 valence electrons. The van der Waals surface area contributed by atoms with Gasteiger partial charge in [0.1, 0.15) is 6.04 Å². The molecule has 10 heteroatoms. The Morgan fingerprint density at radius 2 is 1.57 bits per heavy atom. The largest absolute Gasteiger partial charge is 0.352 e. The molecular formula is C18H36N6O4. The van der Waals surface area contributed by atoms with Gasteiger partial charge in [-0.25, -0.2) is 4.79 Å². The first-order chi connectivity index (χ1) is 13.1. The zero-order valence-electron chi connectivity index (χ0n) is 17.1. The molecule has 0 radical (unpaired) electrons. The van der Waals surface area contributed by atoms with Crippen molar-refractivity contribution in [2.45, 2.75) is 71.0 Å². The summed E-state index contributed by atoms with van der Waals surface area (Å²) in [5.41, 5.74) is 16.3. The standard InChI is InChI=1S/C18H36N6O4/c1-11(2)15(24-16(26)13(20)7-4-5-9-19)17(27)23-14(12(3)25)8-6-10-22-18(21)28/h11,13-15H,4-10,19-20H2,1-3H3,(H,23,27)(H,24,26)(H3,21,22,28). The van der Waals surface area contributed by atoms with Crippen molar-refractivity contribution in [3.8, 4) is 0 Å². The molecule has 9 N–H and O–H groups in total. The molecule has 3 unspecified atom stereocenters. The average Bonchev–Trinajstić information content (AvgIpc) is 2.61. The third-order valence-corrected chi connectivity index (χ3v) is 4.33. The number of carbonyl (C=O) groups is 4. The molecule has 0 heterocycles. The van der Waals surface area contributed by atoms with Gasteiger partial charge in [-0.3, -0.25) is 14.4 Å². The zero-order valence-corrected chi connectivity index (χ0v) is 17.1. The average molecular weight is 401 g/mol.